The Morgan fingerprint density at radius 3 is 2.85 bits per heavy atom. The minimum absolute atomic E-state index is 0.0602. The standard InChI is InChI=1S/C25H27N3O5/c29-25-17-31-24-7-6-19(16-21(24)27-25)32-18-9-13-28(14-10-18)12-3-15-30-22-5-2-1-4-20(22)23-8-11-26-33-23/h1-2,4-8,11,16,18H,3,9-10,12-15,17H2,(H,27,29). The predicted molar refractivity (Wildman–Crippen MR) is 123 cm³/mol. The Kier molecular flexibility index (Phi) is 6.44. The molecule has 0 spiro atoms. The number of ether oxygens (including phenoxy) is 3. The summed E-state index contributed by atoms with van der Waals surface area (Å²) in [6.45, 7) is 3.67. The van der Waals surface area contributed by atoms with Gasteiger partial charge in [0, 0.05) is 31.8 Å². The average Bonchev–Trinajstić information content (AvgIpc) is 3.38. The van der Waals surface area contributed by atoms with Crippen LogP contribution in [-0.4, -0.2) is 54.9 Å². The van der Waals surface area contributed by atoms with E-state index in [-0.39, 0.29) is 18.6 Å². The Bertz CT molecular complexity index is 1080. The van der Waals surface area contributed by atoms with Gasteiger partial charge in [0.25, 0.3) is 5.91 Å². The molecule has 1 saturated heterocycles. The Morgan fingerprint density at radius 1 is 1.12 bits per heavy atom. The van der Waals surface area contributed by atoms with Gasteiger partial charge < -0.3 is 29.0 Å². The van der Waals surface area contributed by atoms with Crippen LogP contribution < -0.4 is 19.5 Å². The quantitative estimate of drug-likeness (QED) is 0.521. The maximum atomic E-state index is 11.5. The number of nitrogens with zero attached hydrogens (tertiary/aromatic N) is 2. The summed E-state index contributed by atoms with van der Waals surface area (Å²) in [7, 11) is 0. The first kappa shape index (κ1) is 21.3. The van der Waals surface area contributed by atoms with Crippen LogP contribution in [0.2, 0.25) is 0 Å². The van der Waals surface area contributed by atoms with Crippen molar-refractivity contribution in [2.24, 2.45) is 0 Å². The summed E-state index contributed by atoms with van der Waals surface area (Å²) in [4.78, 5) is 14.0. The summed E-state index contributed by atoms with van der Waals surface area (Å²) >= 11 is 0. The van der Waals surface area contributed by atoms with Crippen molar-refractivity contribution < 1.29 is 23.5 Å². The van der Waals surface area contributed by atoms with E-state index in [2.05, 4.69) is 15.4 Å². The lowest BCUT2D eigenvalue weighted by molar-refractivity contribution is -0.118. The number of para-hydroxylation sites is 1. The van der Waals surface area contributed by atoms with Crippen molar-refractivity contribution in [1.29, 1.82) is 0 Å². The second kappa shape index (κ2) is 9.95. The summed E-state index contributed by atoms with van der Waals surface area (Å²) in [5.74, 6) is 2.83. The van der Waals surface area contributed by atoms with Crippen LogP contribution in [0.25, 0.3) is 11.3 Å². The molecule has 0 atom stereocenters. The molecule has 1 fully saturated rings. The lowest BCUT2D eigenvalue weighted by atomic mass is 10.1. The molecule has 3 heterocycles. The van der Waals surface area contributed by atoms with Gasteiger partial charge in [0.05, 0.1) is 24.1 Å². The number of piperidine rings is 1. The fourth-order valence-corrected chi connectivity index (χ4v) is 4.20. The maximum absolute atomic E-state index is 11.5. The van der Waals surface area contributed by atoms with Crippen molar-refractivity contribution in [3.8, 4) is 28.6 Å². The number of fused-ring (bicyclic) bond motifs is 1. The number of carbonyl (C=O) groups is 1. The Morgan fingerprint density at radius 2 is 2.00 bits per heavy atom. The summed E-state index contributed by atoms with van der Waals surface area (Å²) in [5, 5.41) is 6.61. The monoisotopic (exact) mass is 449 g/mol. The van der Waals surface area contributed by atoms with Crippen LogP contribution in [-0.2, 0) is 4.79 Å². The lowest BCUT2D eigenvalue weighted by Gasteiger charge is -2.32. The number of likely N-dealkylation sites (tertiary alicyclic amines) is 1. The zero-order chi connectivity index (χ0) is 22.5. The van der Waals surface area contributed by atoms with Crippen molar-refractivity contribution in [3.63, 3.8) is 0 Å². The SMILES string of the molecule is O=C1COc2ccc(OC3CCN(CCCOc4ccccc4-c4ccno4)CC3)cc2N1. The van der Waals surface area contributed by atoms with Gasteiger partial charge in [-0.25, -0.2) is 0 Å². The molecule has 0 aliphatic carbocycles. The smallest absolute Gasteiger partial charge is 0.262 e. The second-order valence-electron chi connectivity index (χ2n) is 8.23. The van der Waals surface area contributed by atoms with Crippen molar-refractivity contribution in [3.05, 3.63) is 54.7 Å². The summed E-state index contributed by atoms with van der Waals surface area (Å²) in [5.41, 5.74) is 1.59. The van der Waals surface area contributed by atoms with E-state index in [1.54, 1.807) is 6.20 Å². The number of carbonyl (C=O) groups excluding carboxylic acids is 1. The van der Waals surface area contributed by atoms with E-state index in [0.29, 0.717) is 23.8 Å². The molecule has 2 aliphatic rings. The van der Waals surface area contributed by atoms with Crippen molar-refractivity contribution in [2.45, 2.75) is 25.4 Å². The van der Waals surface area contributed by atoms with E-state index in [4.69, 9.17) is 18.7 Å². The Labute approximate surface area is 192 Å². The van der Waals surface area contributed by atoms with Gasteiger partial charge in [-0.2, -0.15) is 0 Å². The molecule has 172 valence electrons. The molecule has 2 aromatic carbocycles. The van der Waals surface area contributed by atoms with Crippen molar-refractivity contribution in [2.75, 3.05) is 38.2 Å². The highest BCUT2D eigenvalue weighted by molar-refractivity contribution is 5.95. The molecular weight excluding hydrogens is 422 g/mol. The summed E-state index contributed by atoms with van der Waals surface area (Å²) in [6, 6.07) is 15.3. The number of hydrogen-bond donors (Lipinski definition) is 1. The summed E-state index contributed by atoms with van der Waals surface area (Å²) < 4.78 is 22.9. The fraction of sp³-hybridized carbons (Fsp3) is 0.360. The molecule has 5 rings (SSSR count). The normalized spacial score (nSPS) is 16.5. The highest BCUT2D eigenvalue weighted by Crippen LogP contribution is 2.33. The third-order valence-electron chi connectivity index (χ3n) is 5.89. The van der Waals surface area contributed by atoms with Crippen molar-refractivity contribution in [1.82, 2.24) is 10.1 Å². The Hall–Kier alpha value is -3.52. The van der Waals surface area contributed by atoms with Gasteiger partial charge in [-0.3, -0.25) is 4.79 Å². The number of anilines is 1. The van der Waals surface area contributed by atoms with Crippen LogP contribution in [0, 0.1) is 0 Å². The molecule has 0 saturated carbocycles. The molecule has 8 heteroatoms. The fourth-order valence-electron chi connectivity index (χ4n) is 4.20. The molecule has 1 amide bonds. The van der Waals surface area contributed by atoms with Crippen LogP contribution in [0.1, 0.15) is 19.3 Å². The number of hydrogen-bond acceptors (Lipinski definition) is 7. The molecule has 0 bridgehead atoms. The van der Waals surface area contributed by atoms with Gasteiger partial charge in [-0.1, -0.05) is 17.3 Å². The maximum Gasteiger partial charge on any atom is 0.262 e. The molecule has 1 aromatic heterocycles. The molecule has 0 unspecified atom stereocenters. The van der Waals surface area contributed by atoms with E-state index in [9.17, 15) is 4.79 Å². The summed E-state index contributed by atoms with van der Waals surface area (Å²) in [6.07, 6.45) is 4.69. The first-order valence-electron chi connectivity index (χ1n) is 11.3. The predicted octanol–water partition coefficient (Wildman–Crippen LogP) is 3.98. The third-order valence-corrected chi connectivity index (χ3v) is 5.89. The zero-order valence-electron chi connectivity index (χ0n) is 18.4. The number of nitrogens with one attached hydrogen (secondary N) is 1. The van der Waals surface area contributed by atoms with Gasteiger partial charge in [-0.15, -0.1) is 0 Å². The van der Waals surface area contributed by atoms with Gasteiger partial charge in [0.1, 0.15) is 23.4 Å². The van der Waals surface area contributed by atoms with Crippen LogP contribution in [0.5, 0.6) is 17.2 Å². The minimum atomic E-state index is -0.140. The van der Waals surface area contributed by atoms with E-state index in [0.717, 1.165) is 56.0 Å². The molecule has 1 N–H and O–H groups in total. The topological polar surface area (TPSA) is 86.1 Å². The highest BCUT2D eigenvalue weighted by Gasteiger charge is 2.22. The first-order valence-corrected chi connectivity index (χ1v) is 11.3. The van der Waals surface area contributed by atoms with E-state index < -0.39 is 0 Å². The molecular formula is C25H27N3O5. The second-order valence-corrected chi connectivity index (χ2v) is 8.23. The zero-order valence-corrected chi connectivity index (χ0v) is 18.4. The number of benzene rings is 2. The average molecular weight is 450 g/mol. The lowest BCUT2D eigenvalue weighted by Crippen LogP contribution is -2.39. The van der Waals surface area contributed by atoms with Crippen LogP contribution in [0.15, 0.2) is 59.3 Å². The molecule has 8 nitrogen and oxygen atoms in total. The third kappa shape index (κ3) is 5.28. The van der Waals surface area contributed by atoms with E-state index in [1.165, 1.54) is 0 Å². The van der Waals surface area contributed by atoms with E-state index in [1.807, 2.05) is 48.5 Å². The van der Waals surface area contributed by atoms with Crippen molar-refractivity contribution >= 4 is 11.6 Å². The van der Waals surface area contributed by atoms with Crippen LogP contribution in [0.3, 0.4) is 0 Å². The van der Waals surface area contributed by atoms with Gasteiger partial charge in [-0.05, 0) is 43.5 Å². The molecule has 33 heavy (non-hydrogen) atoms. The largest absolute Gasteiger partial charge is 0.493 e. The van der Waals surface area contributed by atoms with Crippen LogP contribution >= 0.6 is 0 Å². The highest BCUT2D eigenvalue weighted by atomic mass is 16.5. The number of amides is 1. The van der Waals surface area contributed by atoms with E-state index >= 15 is 0 Å². The van der Waals surface area contributed by atoms with Gasteiger partial charge in [0.2, 0.25) is 0 Å². The molecule has 3 aromatic rings. The molecule has 0 radical (unpaired) electrons. The van der Waals surface area contributed by atoms with Gasteiger partial charge >= 0.3 is 0 Å². The van der Waals surface area contributed by atoms with Crippen LogP contribution in [0.4, 0.5) is 5.69 Å². The molecule has 2 aliphatic heterocycles. The first-order chi connectivity index (χ1) is 16.2. The number of rotatable bonds is 8. The Balaban J connectivity index is 1.05. The number of aromatic nitrogens is 1. The minimum Gasteiger partial charge on any atom is -0.493 e. The van der Waals surface area contributed by atoms with Gasteiger partial charge in [0.15, 0.2) is 12.4 Å².